The molecule has 1 saturated carbocycles. The van der Waals surface area contributed by atoms with Gasteiger partial charge in [0, 0.05) is 11.5 Å². The fourth-order valence-corrected chi connectivity index (χ4v) is 5.32. The molecule has 0 bridgehead atoms. The molecule has 0 aromatic rings. The highest BCUT2D eigenvalue weighted by atomic mass is 16.5. The van der Waals surface area contributed by atoms with Crippen LogP contribution in [0.4, 0.5) is 0 Å². The average Bonchev–Trinajstić information content (AvgIpc) is 2.77. The van der Waals surface area contributed by atoms with Crippen molar-refractivity contribution >= 4 is 24.0 Å². The summed E-state index contributed by atoms with van der Waals surface area (Å²) in [7, 11) is 0. The first-order valence-corrected chi connectivity index (χ1v) is 12.1. The van der Waals surface area contributed by atoms with E-state index in [1.807, 2.05) is 6.92 Å². The molecule has 6 heteroatoms. The maximum absolute atomic E-state index is 12.7. The van der Waals surface area contributed by atoms with Crippen LogP contribution >= 0.6 is 0 Å². The zero-order valence-electron chi connectivity index (χ0n) is 21.0. The minimum atomic E-state index is -0.963. The standard InChI is InChI=1S/C28H38O6/c1-7-17(2)12-19(4)13-18(3)8-11-26(31)34-25-10-9-22(27(32)33)28(6)15-21(20(5)16-29)24(30)14-23(25)28/h8,11,13-14,16-17,19,21-22,25H,5,7,9-10,12,15H2,1-4,6H3,(H,32,33). The van der Waals surface area contributed by atoms with Crippen LogP contribution in [-0.4, -0.2) is 35.2 Å². The smallest absolute Gasteiger partial charge is 0.331 e. The van der Waals surface area contributed by atoms with Crippen molar-refractivity contribution in [3.63, 3.8) is 0 Å². The Balaban J connectivity index is 2.20. The molecule has 0 radical (unpaired) electrons. The van der Waals surface area contributed by atoms with E-state index >= 15 is 0 Å². The lowest BCUT2D eigenvalue weighted by Crippen LogP contribution is -2.49. The van der Waals surface area contributed by atoms with Gasteiger partial charge in [-0.2, -0.15) is 0 Å². The van der Waals surface area contributed by atoms with Crippen LogP contribution in [0, 0.1) is 29.1 Å². The lowest BCUT2D eigenvalue weighted by molar-refractivity contribution is -0.152. The van der Waals surface area contributed by atoms with Gasteiger partial charge in [-0.25, -0.2) is 4.79 Å². The largest absolute Gasteiger partial charge is 0.481 e. The molecule has 2 aliphatic rings. The Labute approximate surface area is 202 Å². The number of allylic oxidation sites excluding steroid dienone is 5. The van der Waals surface area contributed by atoms with Gasteiger partial charge < -0.3 is 9.84 Å². The van der Waals surface area contributed by atoms with Gasteiger partial charge in [0.15, 0.2) is 5.78 Å². The highest BCUT2D eigenvalue weighted by Crippen LogP contribution is 2.53. The molecule has 1 fully saturated rings. The maximum Gasteiger partial charge on any atom is 0.331 e. The third kappa shape index (κ3) is 6.43. The zero-order valence-corrected chi connectivity index (χ0v) is 21.0. The van der Waals surface area contributed by atoms with E-state index in [-0.39, 0.29) is 17.8 Å². The molecule has 186 valence electrons. The first-order chi connectivity index (χ1) is 15.9. The van der Waals surface area contributed by atoms with E-state index in [0.717, 1.165) is 18.4 Å². The molecule has 0 heterocycles. The molecule has 1 N–H and O–H groups in total. The summed E-state index contributed by atoms with van der Waals surface area (Å²) in [6, 6.07) is 0. The van der Waals surface area contributed by atoms with Crippen molar-refractivity contribution in [2.45, 2.75) is 72.8 Å². The SMILES string of the molecule is C=C(C=O)C1CC2(C)C(=CC1=O)C(OC(=O)C=CC(C)=CC(C)CC(C)CC)CCC2C(=O)O. The van der Waals surface area contributed by atoms with Gasteiger partial charge >= 0.3 is 11.9 Å². The van der Waals surface area contributed by atoms with E-state index < -0.39 is 35.3 Å². The van der Waals surface area contributed by atoms with Crippen molar-refractivity contribution < 1.29 is 29.0 Å². The number of fused-ring (bicyclic) bond motifs is 1. The van der Waals surface area contributed by atoms with E-state index in [0.29, 0.717) is 36.5 Å². The summed E-state index contributed by atoms with van der Waals surface area (Å²) in [5, 5.41) is 9.82. The summed E-state index contributed by atoms with van der Waals surface area (Å²) in [6.45, 7) is 13.9. The molecule has 34 heavy (non-hydrogen) atoms. The fraction of sp³-hybridized carbons (Fsp3) is 0.571. The number of aliphatic carboxylic acids is 1. The van der Waals surface area contributed by atoms with Crippen LogP contribution < -0.4 is 0 Å². The summed E-state index contributed by atoms with van der Waals surface area (Å²) in [5.41, 5.74) is 0.707. The summed E-state index contributed by atoms with van der Waals surface area (Å²) in [5.74, 6) is -2.26. The number of ketones is 1. The molecule has 2 aliphatic carbocycles. The third-order valence-corrected chi connectivity index (χ3v) is 7.42. The van der Waals surface area contributed by atoms with Gasteiger partial charge in [-0.15, -0.1) is 0 Å². The molecular formula is C28H38O6. The quantitative estimate of drug-likeness (QED) is 0.203. The summed E-state index contributed by atoms with van der Waals surface area (Å²) < 4.78 is 5.70. The van der Waals surface area contributed by atoms with Crippen molar-refractivity contribution in [2.75, 3.05) is 0 Å². The molecule has 0 aliphatic heterocycles. The van der Waals surface area contributed by atoms with Gasteiger partial charge in [-0.1, -0.05) is 58.4 Å². The molecule has 6 atom stereocenters. The molecule has 6 unspecified atom stereocenters. The van der Waals surface area contributed by atoms with Gasteiger partial charge in [-0.3, -0.25) is 14.4 Å². The number of carbonyl (C=O) groups is 4. The van der Waals surface area contributed by atoms with Gasteiger partial charge in [0.1, 0.15) is 12.4 Å². The van der Waals surface area contributed by atoms with Crippen LogP contribution in [-0.2, 0) is 23.9 Å². The molecule has 0 saturated heterocycles. The first-order valence-electron chi connectivity index (χ1n) is 12.1. The van der Waals surface area contributed by atoms with E-state index in [1.54, 1.807) is 13.0 Å². The zero-order chi connectivity index (χ0) is 25.6. The molecule has 0 spiro atoms. The lowest BCUT2D eigenvalue weighted by atomic mass is 9.56. The number of aldehydes is 1. The minimum absolute atomic E-state index is 0.137. The number of rotatable bonds is 10. The number of ether oxygens (including phenoxy) is 1. The van der Waals surface area contributed by atoms with E-state index in [4.69, 9.17) is 4.74 Å². The summed E-state index contributed by atoms with van der Waals surface area (Å²) in [4.78, 5) is 48.5. The van der Waals surface area contributed by atoms with Crippen LogP contribution in [0.2, 0.25) is 0 Å². The second-order valence-corrected chi connectivity index (χ2v) is 10.2. The number of hydrogen-bond acceptors (Lipinski definition) is 5. The molecule has 0 aromatic carbocycles. The lowest BCUT2D eigenvalue weighted by Gasteiger charge is -2.48. The summed E-state index contributed by atoms with van der Waals surface area (Å²) in [6.07, 6.45) is 9.48. The second-order valence-electron chi connectivity index (χ2n) is 10.2. The Bertz CT molecular complexity index is 923. The van der Waals surface area contributed by atoms with Gasteiger partial charge in [0.25, 0.3) is 0 Å². The van der Waals surface area contributed by atoms with Crippen molar-refractivity contribution in [2.24, 2.45) is 29.1 Å². The average molecular weight is 471 g/mol. The van der Waals surface area contributed by atoms with Crippen molar-refractivity contribution in [1.29, 1.82) is 0 Å². The number of carboxylic acid groups (broad SMARTS) is 1. The number of carbonyl (C=O) groups excluding carboxylic acids is 3. The van der Waals surface area contributed by atoms with E-state index in [2.05, 4.69) is 33.4 Å². The third-order valence-electron chi connectivity index (χ3n) is 7.42. The predicted octanol–water partition coefficient (Wildman–Crippen LogP) is 5.24. The Morgan fingerprint density at radius 2 is 1.97 bits per heavy atom. The van der Waals surface area contributed by atoms with Gasteiger partial charge in [0.05, 0.1) is 11.8 Å². The Morgan fingerprint density at radius 1 is 1.29 bits per heavy atom. The van der Waals surface area contributed by atoms with Crippen LogP contribution in [0.5, 0.6) is 0 Å². The predicted molar refractivity (Wildman–Crippen MR) is 131 cm³/mol. The van der Waals surface area contributed by atoms with Crippen LogP contribution in [0.25, 0.3) is 0 Å². The Hall–Kier alpha value is -2.76. The maximum atomic E-state index is 12.7. The first kappa shape index (κ1) is 27.5. The van der Waals surface area contributed by atoms with Gasteiger partial charge in [-0.05, 0) is 61.7 Å². The van der Waals surface area contributed by atoms with Crippen LogP contribution in [0.1, 0.15) is 66.7 Å². The fourth-order valence-electron chi connectivity index (χ4n) is 5.32. The topological polar surface area (TPSA) is 97.7 Å². The molecular weight excluding hydrogens is 432 g/mol. The van der Waals surface area contributed by atoms with Crippen molar-refractivity contribution in [1.82, 2.24) is 0 Å². The highest BCUT2D eigenvalue weighted by molar-refractivity contribution is 6.00. The number of hydrogen-bond donors (Lipinski definition) is 1. The minimum Gasteiger partial charge on any atom is -0.481 e. The molecule has 0 amide bonds. The van der Waals surface area contributed by atoms with E-state index in [1.165, 1.54) is 12.2 Å². The van der Waals surface area contributed by atoms with Crippen LogP contribution in [0.3, 0.4) is 0 Å². The number of carboxylic acids is 1. The Morgan fingerprint density at radius 3 is 2.56 bits per heavy atom. The normalized spacial score (nSPS) is 29.1. The number of esters is 1. The molecule has 2 rings (SSSR count). The molecule has 6 nitrogen and oxygen atoms in total. The van der Waals surface area contributed by atoms with Crippen molar-refractivity contribution in [3.05, 3.63) is 47.6 Å². The summed E-state index contributed by atoms with van der Waals surface area (Å²) >= 11 is 0. The highest BCUT2D eigenvalue weighted by Gasteiger charge is 2.53. The van der Waals surface area contributed by atoms with Crippen molar-refractivity contribution in [3.8, 4) is 0 Å². The van der Waals surface area contributed by atoms with Crippen LogP contribution in [0.15, 0.2) is 47.6 Å². The second kappa shape index (κ2) is 11.6. The van der Waals surface area contributed by atoms with E-state index in [9.17, 15) is 24.3 Å². The van der Waals surface area contributed by atoms with Gasteiger partial charge in [0.2, 0.25) is 0 Å². The Kier molecular flexibility index (Phi) is 9.37. The monoisotopic (exact) mass is 470 g/mol. The molecule has 0 aromatic heterocycles.